The largest absolute Gasteiger partial charge is 0.494 e. The molecule has 0 unspecified atom stereocenters. The van der Waals surface area contributed by atoms with Gasteiger partial charge in [-0.1, -0.05) is 12.2 Å². The summed E-state index contributed by atoms with van der Waals surface area (Å²) in [5.74, 6) is 0.368. The minimum Gasteiger partial charge on any atom is -0.494 e. The Morgan fingerprint density at radius 3 is 2.68 bits per heavy atom. The van der Waals surface area contributed by atoms with Crippen LogP contribution in [0, 0.1) is 4.64 Å². The molecule has 0 saturated carbocycles. The first kappa shape index (κ1) is 13.5. The molecular weight excluding hydrogens is 277 g/mol. The lowest BCUT2D eigenvalue weighted by molar-refractivity contribution is -0.137. The zero-order valence-electron chi connectivity index (χ0n) is 9.78. The molecule has 1 N–H and O–H groups in total. The summed E-state index contributed by atoms with van der Waals surface area (Å²) in [5, 5.41) is 0. The third kappa shape index (κ3) is 2.93. The fourth-order valence-electron chi connectivity index (χ4n) is 1.59. The molecule has 0 radical (unpaired) electrons. The molecule has 0 spiro atoms. The number of aromatic amines is 1. The van der Waals surface area contributed by atoms with Gasteiger partial charge < -0.3 is 9.72 Å². The summed E-state index contributed by atoms with van der Waals surface area (Å²) in [5.41, 5.74) is -0.376. The van der Waals surface area contributed by atoms with Gasteiger partial charge >= 0.3 is 6.18 Å². The molecule has 100 valence electrons. The topological polar surface area (TPSA) is 37.9 Å². The third-order valence-corrected chi connectivity index (χ3v) is 2.64. The Kier molecular flexibility index (Phi) is 3.57. The Bertz CT molecular complexity index is 652. The molecule has 19 heavy (non-hydrogen) atoms. The van der Waals surface area contributed by atoms with Crippen LogP contribution in [0.3, 0.4) is 0 Å². The van der Waals surface area contributed by atoms with E-state index >= 15 is 0 Å². The van der Waals surface area contributed by atoms with E-state index < -0.39 is 11.7 Å². The van der Waals surface area contributed by atoms with Crippen molar-refractivity contribution in [2.45, 2.75) is 6.18 Å². The molecule has 0 atom stereocenters. The van der Waals surface area contributed by atoms with Crippen molar-refractivity contribution >= 4 is 12.2 Å². The summed E-state index contributed by atoms with van der Waals surface area (Å²) in [6.07, 6.45) is -2.99. The Hall–Kier alpha value is -1.89. The first-order valence-corrected chi connectivity index (χ1v) is 5.63. The summed E-state index contributed by atoms with van der Waals surface area (Å²) in [4.78, 5) is 6.70. The van der Waals surface area contributed by atoms with Gasteiger partial charge in [0.05, 0.1) is 18.4 Å². The number of nitrogens with zero attached hydrogens (tertiary/aromatic N) is 1. The van der Waals surface area contributed by atoms with E-state index in [0.29, 0.717) is 5.75 Å². The second kappa shape index (κ2) is 5.00. The molecular formula is C12H9F3N2OS. The normalized spacial score (nSPS) is 11.4. The van der Waals surface area contributed by atoms with Gasteiger partial charge in [0, 0.05) is 6.20 Å². The number of ether oxygens (including phenoxy) is 1. The summed E-state index contributed by atoms with van der Waals surface area (Å²) >= 11 is 4.81. The van der Waals surface area contributed by atoms with Crippen molar-refractivity contribution < 1.29 is 17.9 Å². The van der Waals surface area contributed by atoms with E-state index in [-0.39, 0.29) is 16.0 Å². The van der Waals surface area contributed by atoms with Gasteiger partial charge in [-0.2, -0.15) is 13.2 Å². The average Bonchev–Trinajstić information content (AvgIpc) is 2.37. The number of nitrogens with one attached hydrogen (secondary N) is 1. The van der Waals surface area contributed by atoms with Crippen LogP contribution in [-0.2, 0) is 6.18 Å². The van der Waals surface area contributed by atoms with Crippen LogP contribution in [0.25, 0.3) is 11.4 Å². The minimum absolute atomic E-state index is 0.0162. The van der Waals surface area contributed by atoms with E-state index in [2.05, 4.69) is 9.97 Å². The number of rotatable bonds is 2. The molecule has 7 heteroatoms. The van der Waals surface area contributed by atoms with Crippen LogP contribution in [0.4, 0.5) is 13.2 Å². The average molecular weight is 286 g/mol. The first-order valence-electron chi connectivity index (χ1n) is 5.23. The Morgan fingerprint density at radius 2 is 2.05 bits per heavy atom. The molecule has 3 nitrogen and oxygen atoms in total. The molecule has 0 aliphatic carbocycles. The molecule has 0 aromatic carbocycles. The molecule has 0 fully saturated rings. The molecule has 2 aromatic heterocycles. The van der Waals surface area contributed by atoms with Crippen molar-refractivity contribution in [2.24, 2.45) is 0 Å². The molecule has 2 heterocycles. The van der Waals surface area contributed by atoms with E-state index in [9.17, 15) is 13.2 Å². The Labute approximate surface area is 112 Å². The summed E-state index contributed by atoms with van der Waals surface area (Å²) in [6, 6.07) is 5.07. The van der Waals surface area contributed by atoms with Crippen LogP contribution < -0.4 is 4.74 Å². The van der Waals surface area contributed by atoms with Crippen LogP contribution in [0.2, 0.25) is 0 Å². The van der Waals surface area contributed by atoms with E-state index in [0.717, 1.165) is 12.1 Å². The number of alkyl halides is 3. The number of H-pyrrole nitrogens is 1. The molecule has 0 bridgehead atoms. The molecule has 0 amide bonds. The number of hydrogen-bond acceptors (Lipinski definition) is 3. The fraction of sp³-hybridized carbons (Fsp3) is 0.167. The van der Waals surface area contributed by atoms with Crippen molar-refractivity contribution in [2.75, 3.05) is 7.11 Å². The number of aromatic nitrogens is 2. The maximum atomic E-state index is 12.7. The maximum absolute atomic E-state index is 12.7. The summed E-state index contributed by atoms with van der Waals surface area (Å²) < 4.78 is 43.3. The lowest BCUT2D eigenvalue weighted by Gasteiger charge is -2.10. The monoisotopic (exact) mass is 286 g/mol. The van der Waals surface area contributed by atoms with Gasteiger partial charge in [0.15, 0.2) is 0 Å². The van der Waals surface area contributed by atoms with Crippen molar-refractivity contribution in [3.05, 3.63) is 40.7 Å². The Morgan fingerprint density at radius 1 is 1.32 bits per heavy atom. The van der Waals surface area contributed by atoms with Crippen molar-refractivity contribution in [3.8, 4) is 17.1 Å². The molecule has 0 aliphatic heterocycles. The lowest BCUT2D eigenvalue weighted by Crippen LogP contribution is -2.06. The van der Waals surface area contributed by atoms with Gasteiger partial charge in [-0.3, -0.25) is 4.98 Å². The van der Waals surface area contributed by atoms with Gasteiger partial charge in [0.25, 0.3) is 0 Å². The second-order valence-electron chi connectivity index (χ2n) is 3.70. The number of pyridine rings is 2. The maximum Gasteiger partial charge on any atom is 0.416 e. The Balaban J connectivity index is 2.63. The van der Waals surface area contributed by atoms with Crippen LogP contribution in [0.5, 0.6) is 5.75 Å². The van der Waals surface area contributed by atoms with E-state index in [1.165, 1.54) is 13.3 Å². The second-order valence-corrected chi connectivity index (χ2v) is 4.14. The van der Waals surface area contributed by atoms with E-state index in [1.54, 1.807) is 12.1 Å². The molecule has 0 saturated heterocycles. The zero-order valence-corrected chi connectivity index (χ0v) is 10.6. The molecule has 0 aliphatic rings. The highest BCUT2D eigenvalue weighted by molar-refractivity contribution is 7.71. The predicted molar refractivity (Wildman–Crippen MR) is 66.4 cm³/mol. The quantitative estimate of drug-likeness (QED) is 0.852. The number of methoxy groups -OCH3 is 1. The van der Waals surface area contributed by atoms with Gasteiger partial charge in [0.1, 0.15) is 16.1 Å². The van der Waals surface area contributed by atoms with Crippen LogP contribution in [0.1, 0.15) is 5.56 Å². The summed E-state index contributed by atoms with van der Waals surface area (Å²) in [6.45, 7) is 0. The zero-order chi connectivity index (χ0) is 14.0. The first-order chi connectivity index (χ1) is 8.91. The van der Waals surface area contributed by atoms with E-state index in [4.69, 9.17) is 17.0 Å². The summed E-state index contributed by atoms with van der Waals surface area (Å²) in [7, 11) is 1.42. The number of halogens is 3. The van der Waals surface area contributed by atoms with Crippen LogP contribution in [0.15, 0.2) is 30.5 Å². The standard InChI is InChI=1S/C12H9F3N2OS/c1-18-9-3-2-4-16-11(9)8-5-7(12(13,14)15)6-10(19)17-8/h2-6H,1H3,(H,17,19). The highest BCUT2D eigenvalue weighted by Gasteiger charge is 2.31. The van der Waals surface area contributed by atoms with Gasteiger partial charge in [-0.05, 0) is 24.3 Å². The van der Waals surface area contributed by atoms with Gasteiger partial charge in [-0.15, -0.1) is 0 Å². The molecule has 2 aromatic rings. The SMILES string of the molecule is COc1cccnc1-c1cc(C(F)(F)F)cc(=S)[nH]1. The lowest BCUT2D eigenvalue weighted by atomic mass is 10.1. The van der Waals surface area contributed by atoms with Crippen LogP contribution >= 0.6 is 12.2 Å². The minimum atomic E-state index is -4.46. The predicted octanol–water partition coefficient (Wildman–Crippen LogP) is 3.83. The van der Waals surface area contributed by atoms with Gasteiger partial charge in [0.2, 0.25) is 0 Å². The smallest absolute Gasteiger partial charge is 0.416 e. The van der Waals surface area contributed by atoms with Crippen LogP contribution in [-0.4, -0.2) is 17.1 Å². The highest BCUT2D eigenvalue weighted by atomic mass is 32.1. The van der Waals surface area contributed by atoms with Gasteiger partial charge in [-0.25, -0.2) is 0 Å². The highest BCUT2D eigenvalue weighted by Crippen LogP contribution is 2.33. The van der Waals surface area contributed by atoms with Crippen molar-refractivity contribution in [1.29, 1.82) is 0 Å². The molecule has 2 rings (SSSR count). The van der Waals surface area contributed by atoms with Crippen molar-refractivity contribution in [3.63, 3.8) is 0 Å². The third-order valence-electron chi connectivity index (χ3n) is 2.42. The van der Waals surface area contributed by atoms with Crippen molar-refractivity contribution in [1.82, 2.24) is 9.97 Å². The number of hydrogen-bond donors (Lipinski definition) is 1. The fourth-order valence-corrected chi connectivity index (χ4v) is 1.83. The van der Waals surface area contributed by atoms with E-state index in [1.807, 2.05) is 0 Å².